The first-order valence-electron chi connectivity index (χ1n) is 6.91. The molecule has 5 nitrogen and oxygen atoms in total. The summed E-state index contributed by atoms with van der Waals surface area (Å²) in [4.78, 5) is 2.53. The second-order valence-corrected chi connectivity index (χ2v) is 5.32. The van der Waals surface area contributed by atoms with E-state index in [1.54, 1.807) is 0 Å². The summed E-state index contributed by atoms with van der Waals surface area (Å²) in [7, 11) is 0. The Morgan fingerprint density at radius 2 is 2.50 bits per heavy atom. The normalized spacial score (nSPS) is 30.3. The van der Waals surface area contributed by atoms with Crippen LogP contribution < -0.4 is 5.73 Å². The lowest BCUT2D eigenvalue weighted by molar-refractivity contribution is -0.0597. The van der Waals surface area contributed by atoms with Crippen molar-refractivity contribution >= 4 is 0 Å². The summed E-state index contributed by atoms with van der Waals surface area (Å²) in [5, 5.41) is 4.28. The summed E-state index contributed by atoms with van der Waals surface area (Å²) < 4.78 is 7.86. The van der Waals surface area contributed by atoms with Gasteiger partial charge in [-0.1, -0.05) is 0 Å². The number of morpholine rings is 1. The van der Waals surface area contributed by atoms with Crippen LogP contribution in [0.1, 0.15) is 31.4 Å². The summed E-state index contributed by atoms with van der Waals surface area (Å²) in [5.41, 5.74) is 7.40. The molecule has 100 valence electrons. The van der Waals surface area contributed by atoms with Gasteiger partial charge in [-0.15, -0.1) is 0 Å². The fourth-order valence-electron chi connectivity index (χ4n) is 3.00. The molecule has 2 aliphatic rings. The second kappa shape index (κ2) is 4.99. The van der Waals surface area contributed by atoms with Crippen molar-refractivity contribution in [3.63, 3.8) is 0 Å². The lowest BCUT2D eigenvalue weighted by atomic mass is 10.0. The Hall–Kier alpha value is -0.910. The molecule has 0 aromatic carbocycles. The smallest absolute Gasteiger partial charge is 0.0896 e. The monoisotopic (exact) mass is 250 g/mol. The van der Waals surface area contributed by atoms with Crippen LogP contribution in [0, 0.1) is 0 Å². The summed E-state index contributed by atoms with van der Waals surface area (Å²) >= 11 is 0. The number of nitrogens with zero attached hydrogens (tertiary/aromatic N) is 3. The molecule has 0 bridgehead atoms. The fourth-order valence-corrected chi connectivity index (χ4v) is 3.00. The molecule has 0 aliphatic carbocycles. The van der Waals surface area contributed by atoms with Crippen molar-refractivity contribution in [2.45, 2.75) is 44.5 Å². The molecule has 3 heterocycles. The lowest BCUT2D eigenvalue weighted by Crippen LogP contribution is -2.49. The molecule has 1 aromatic heterocycles. The van der Waals surface area contributed by atoms with E-state index in [9.17, 15) is 0 Å². The highest BCUT2D eigenvalue weighted by atomic mass is 16.5. The van der Waals surface area contributed by atoms with Gasteiger partial charge in [-0.25, -0.2) is 0 Å². The number of fused-ring (bicyclic) bond motifs is 1. The van der Waals surface area contributed by atoms with Crippen molar-refractivity contribution in [1.82, 2.24) is 14.7 Å². The Kier molecular flexibility index (Phi) is 3.37. The summed E-state index contributed by atoms with van der Waals surface area (Å²) in [5.74, 6) is 0. The van der Waals surface area contributed by atoms with Crippen LogP contribution in [0.4, 0.5) is 0 Å². The largest absolute Gasteiger partial charge is 0.373 e. The maximum atomic E-state index is 6.32. The summed E-state index contributed by atoms with van der Waals surface area (Å²) in [6.07, 6.45) is 6.57. The van der Waals surface area contributed by atoms with E-state index in [4.69, 9.17) is 10.5 Å². The highest BCUT2D eigenvalue weighted by Crippen LogP contribution is 2.27. The van der Waals surface area contributed by atoms with Crippen molar-refractivity contribution in [2.24, 2.45) is 5.73 Å². The molecule has 0 spiro atoms. The molecule has 2 saturated heterocycles. The molecular formula is C13H22N4O. The van der Waals surface area contributed by atoms with E-state index in [0.717, 1.165) is 25.3 Å². The minimum Gasteiger partial charge on any atom is -0.373 e. The van der Waals surface area contributed by atoms with Gasteiger partial charge < -0.3 is 10.5 Å². The first kappa shape index (κ1) is 12.1. The van der Waals surface area contributed by atoms with Crippen LogP contribution in [0.2, 0.25) is 0 Å². The van der Waals surface area contributed by atoms with Gasteiger partial charge in [0.05, 0.1) is 24.9 Å². The topological polar surface area (TPSA) is 56.3 Å². The Morgan fingerprint density at radius 3 is 3.28 bits per heavy atom. The molecule has 2 aliphatic heterocycles. The maximum Gasteiger partial charge on any atom is 0.0896 e. The van der Waals surface area contributed by atoms with Crippen molar-refractivity contribution in [1.29, 1.82) is 0 Å². The van der Waals surface area contributed by atoms with Gasteiger partial charge in [0.25, 0.3) is 0 Å². The van der Waals surface area contributed by atoms with Crippen LogP contribution in [0.5, 0.6) is 0 Å². The molecule has 2 N–H and O–H groups in total. The molecule has 0 saturated carbocycles. The standard InChI is InChI=1S/C13H22N4O/c1-2-17-7-10(6-15-17)13(14)12-8-16-5-3-4-11(16)9-18-12/h6-7,11-13H,2-5,8-9,14H2,1H3. The summed E-state index contributed by atoms with van der Waals surface area (Å²) in [6.45, 7) is 5.95. The molecule has 0 amide bonds. The van der Waals surface area contributed by atoms with Gasteiger partial charge in [0.1, 0.15) is 0 Å². The number of rotatable bonds is 3. The first-order chi connectivity index (χ1) is 8.78. The molecule has 3 unspecified atom stereocenters. The number of hydrogen-bond donors (Lipinski definition) is 1. The quantitative estimate of drug-likeness (QED) is 0.861. The Labute approximate surface area is 108 Å². The zero-order valence-corrected chi connectivity index (χ0v) is 11.0. The third-order valence-corrected chi connectivity index (χ3v) is 4.18. The van der Waals surface area contributed by atoms with Crippen LogP contribution >= 0.6 is 0 Å². The SMILES string of the molecule is CCn1cc(C(N)C2CN3CCCC3CO2)cn1. The second-order valence-electron chi connectivity index (χ2n) is 5.32. The molecule has 0 radical (unpaired) electrons. The van der Waals surface area contributed by atoms with E-state index in [0.29, 0.717) is 6.04 Å². The van der Waals surface area contributed by atoms with E-state index in [-0.39, 0.29) is 12.1 Å². The minimum atomic E-state index is -0.0631. The van der Waals surface area contributed by atoms with Gasteiger partial charge in [0.2, 0.25) is 0 Å². The van der Waals surface area contributed by atoms with Gasteiger partial charge in [0.15, 0.2) is 0 Å². The van der Waals surface area contributed by atoms with Crippen LogP contribution in [-0.2, 0) is 11.3 Å². The molecule has 1 aromatic rings. The van der Waals surface area contributed by atoms with Crippen LogP contribution in [0.25, 0.3) is 0 Å². The minimum absolute atomic E-state index is 0.0631. The average molecular weight is 250 g/mol. The Bertz CT molecular complexity index is 405. The average Bonchev–Trinajstić information content (AvgIpc) is 3.05. The molecule has 2 fully saturated rings. The molecule has 3 atom stereocenters. The lowest BCUT2D eigenvalue weighted by Gasteiger charge is -2.37. The predicted octanol–water partition coefficient (Wildman–Crippen LogP) is 0.766. The van der Waals surface area contributed by atoms with Crippen LogP contribution in [-0.4, -0.2) is 46.5 Å². The predicted molar refractivity (Wildman–Crippen MR) is 69.2 cm³/mol. The van der Waals surface area contributed by atoms with E-state index in [1.165, 1.54) is 19.4 Å². The van der Waals surface area contributed by atoms with Crippen molar-refractivity contribution < 1.29 is 4.74 Å². The van der Waals surface area contributed by atoms with Crippen LogP contribution in [0.15, 0.2) is 12.4 Å². The third kappa shape index (κ3) is 2.18. The molecule has 5 heteroatoms. The van der Waals surface area contributed by atoms with E-state index < -0.39 is 0 Å². The third-order valence-electron chi connectivity index (χ3n) is 4.18. The number of ether oxygens (including phenoxy) is 1. The van der Waals surface area contributed by atoms with Gasteiger partial charge in [-0.3, -0.25) is 9.58 Å². The van der Waals surface area contributed by atoms with E-state index in [2.05, 4.69) is 16.9 Å². The summed E-state index contributed by atoms with van der Waals surface area (Å²) in [6, 6.07) is 0.568. The molecule has 3 rings (SSSR count). The van der Waals surface area contributed by atoms with Gasteiger partial charge >= 0.3 is 0 Å². The van der Waals surface area contributed by atoms with E-state index in [1.807, 2.05) is 17.1 Å². The molecular weight excluding hydrogens is 228 g/mol. The Balaban J connectivity index is 1.67. The van der Waals surface area contributed by atoms with Gasteiger partial charge in [0, 0.05) is 30.9 Å². The van der Waals surface area contributed by atoms with Crippen molar-refractivity contribution in [2.75, 3.05) is 19.7 Å². The van der Waals surface area contributed by atoms with E-state index >= 15 is 0 Å². The van der Waals surface area contributed by atoms with Crippen LogP contribution in [0.3, 0.4) is 0 Å². The highest BCUT2D eigenvalue weighted by Gasteiger charge is 2.35. The zero-order valence-electron chi connectivity index (χ0n) is 11.0. The highest BCUT2D eigenvalue weighted by molar-refractivity contribution is 5.12. The first-order valence-corrected chi connectivity index (χ1v) is 6.91. The van der Waals surface area contributed by atoms with Crippen molar-refractivity contribution in [3.05, 3.63) is 18.0 Å². The van der Waals surface area contributed by atoms with Gasteiger partial charge in [-0.05, 0) is 26.3 Å². The molecule has 18 heavy (non-hydrogen) atoms. The Morgan fingerprint density at radius 1 is 1.61 bits per heavy atom. The maximum absolute atomic E-state index is 6.32. The number of nitrogens with two attached hydrogens (primary N) is 1. The van der Waals surface area contributed by atoms with Crippen molar-refractivity contribution in [3.8, 4) is 0 Å². The fraction of sp³-hybridized carbons (Fsp3) is 0.769. The zero-order chi connectivity index (χ0) is 12.5. The van der Waals surface area contributed by atoms with Gasteiger partial charge in [-0.2, -0.15) is 5.10 Å². The number of aryl methyl sites for hydroxylation is 1. The number of aromatic nitrogens is 2. The number of hydrogen-bond acceptors (Lipinski definition) is 4.